The van der Waals surface area contributed by atoms with E-state index in [4.69, 9.17) is 16.0 Å². The Balaban J connectivity index is 0.00000243. The molecule has 2 aromatic heterocycles. The van der Waals surface area contributed by atoms with Gasteiger partial charge in [0.15, 0.2) is 5.96 Å². The molecule has 0 saturated carbocycles. The molecule has 26 heavy (non-hydrogen) atoms. The van der Waals surface area contributed by atoms with Crippen LogP contribution >= 0.6 is 35.6 Å². The molecular weight excluding hydrogens is 463 g/mol. The van der Waals surface area contributed by atoms with Crippen LogP contribution in [-0.2, 0) is 13.0 Å². The van der Waals surface area contributed by atoms with E-state index >= 15 is 0 Å². The SMILES string of the molecule is CCNC(=NCc1cc2ccccc2o1)NCCc1ccc(Cl)nc1.I. The molecule has 2 N–H and O–H groups in total. The van der Waals surface area contributed by atoms with E-state index in [1.54, 1.807) is 12.3 Å². The number of nitrogens with one attached hydrogen (secondary N) is 2. The fourth-order valence-corrected chi connectivity index (χ4v) is 2.60. The molecule has 3 rings (SSSR count). The lowest BCUT2D eigenvalue weighted by atomic mass is 10.2. The van der Waals surface area contributed by atoms with Gasteiger partial charge in [-0.3, -0.25) is 0 Å². The minimum atomic E-state index is 0. The first-order valence-electron chi connectivity index (χ1n) is 8.34. The average Bonchev–Trinajstić information content (AvgIpc) is 3.04. The van der Waals surface area contributed by atoms with Gasteiger partial charge >= 0.3 is 0 Å². The number of halogens is 2. The van der Waals surface area contributed by atoms with Gasteiger partial charge in [-0.1, -0.05) is 35.9 Å². The van der Waals surface area contributed by atoms with Gasteiger partial charge in [-0.25, -0.2) is 9.98 Å². The highest BCUT2D eigenvalue weighted by atomic mass is 127. The zero-order valence-corrected chi connectivity index (χ0v) is 17.6. The number of fused-ring (bicyclic) bond motifs is 1. The maximum absolute atomic E-state index is 5.80. The van der Waals surface area contributed by atoms with Gasteiger partial charge in [0.25, 0.3) is 0 Å². The monoisotopic (exact) mass is 484 g/mol. The number of hydrogen-bond donors (Lipinski definition) is 2. The van der Waals surface area contributed by atoms with Crippen molar-refractivity contribution in [3.63, 3.8) is 0 Å². The predicted octanol–water partition coefficient (Wildman–Crippen LogP) is 4.40. The Morgan fingerprint density at radius 3 is 2.77 bits per heavy atom. The molecule has 0 spiro atoms. The first kappa shape index (κ1) is 20.5. The van der Waals surface area contributed by atoms with Crippen molar-refractivity contribution in [2.24, 2.45) is 4.99 Å². The molecule has 0 atom stereocenters. The standard InChI is InChI=1S/C19H21ClN4O.HI/c1-2-21-19(22-10-9-14-7-8-18(20)23-12-14)24-13-16-11-15-5-3-4-6-17(15)25-16;/h3-8,11-12H,2,9-10,13H2,1H3,(H2,21,22,24);1H. The summed E-state index contributed by atoms with van der Waals surface area (Å²) in [6, 6.07) is 13.8. The summed E-state index contributed by atoms with van der Waals surface area (Å²) in [4.78, 5) is 8.68. The highest BCUT2D eigenvalue weighted by molar-refractivity contribution is 14.0. The number of rotatable bonds is 6. The first-order chi connectivity index (χ1) is 12.2. The number of guanidine groups is 1. The molecule has 0 fully saturated rings. The van der Waals surface area contributed by atoms with Gasteiger partial charge in [0.05, 0.1) is 0 Å². The van der Waals surface area contributed by atoms with E-state index in [1.807, 2.05) is 43.3 Å². The summed E-state index contributed by atoms with van der Waals surface area (Å²) in [6.45, 7) is 4.09. The summed E-state index contributed by atoms with van der Waals surface area (Å²) in [5, 5.41) is 8.18. The lowest BCUT2D eigenvalue weighted by molar-refractivity contribution is 0.551. The predicted molar refractivity (Wildman–Crippen MR) is 117 cm³/mol. The summed E-state index contributed by atoms with van der Waals surface area (Å²) in [7, 11) is 0. The Labute approximate surface area is 175 Å². The average molecular weight is 485 g/mol. The number of nitrogens with zero attached hydrogens (tertiary/aromatic N) is 2. The zero-order valence-electron chi connectivity index (χ0n) is 14.5. The van der Waals surface area contributed by atoms with E-state index in [-0.39, 0.29) is 24.0 Å². The van der Waals surface area contributed by atoms with Crippen LogP contribution in [0.4, 0.5) is 0 Å². The van der Waals surface area contributed by atoms with Crippen molar-refractivity contribution >= 4 is 52.5 Å². The molecular formula is C19H22ClIN4O. The molecule has 0 aliphatic carbocycles. The smallest absolute Gasteiger partial charge is 0.191 e. The highest BCUT2D eigenvalue weighted by Crippen LogP contribution is 2.19. The lowest BCUT2D eigenvalue weighted by Gasteiger charge is -2.10. The van der Waals surface area contributed by atoms with E-state index < -0.39 is 0 Å². The number of pyridine rings is 1. The Hall–Kier alpha value is -1.80. The number of benzene rings is 1. The molecule has 3 aromatic rings. The van der Waals surface area contributed by atoms with Gasteiger partial charge in [0, 0.05) is 24.7 Å². The second-order valence-corrected chi connectivity index (χ2v) is 6.00. The number of aliphatic imine (C=N–C) groups is 1. The van der Waals surface area contributed by atoms with Crippen molar-refractivity contribution in [2.45, 2.75) is 19.9 Å². The van der Waals surface area contributed by atoms with Gasteiger partial charge in [-0.15, -0.1) is 24.0 Å². The van der Waals surface area contributed by atoms with Crippen LogP contribution in [-0.4, -0.2) is 24.0 Å². The lowest BCUT2D eigenvalue weighted by Crippen LogP contribution is -2.38. The normalized spacial score (nSPS) is 11.2. The third-order valence-corrected chi connectivity index (χ3v) is 3.93. The Morgan fingerprint density at radius 1 is 1.19 bits per heavy atom. The van der Waals surface area contributed by atoms with Crippen LogP contribution in [0.2, 0.25) is 5.15 Å². The minimum Gasteiger partial charge on any atom is -0.459 e. The number of para-hydroxylation sites is 1. The van der Waals surface area contributed by atoms with Crippen LogP contribution in [0.25, 0.3) is 11.0 Å². The van der Waals surface area contributed by atoms with Crippen molar-refractivity contribution < 1.29 is 4.42 Å². The summed E-state index contributed by atoms with van der Waals surface area (Å²) >= 11 is 5.80. The van der Waals surface area contributed by atoms with Gasteiger partial charge in [-0.2, -0.15) is 0 Å². The van der Waals surface area contributed by atoms with E-state index in [0.29, 0.717) is 11.7 Å². The zero-order chi connectivity index (χ0) is 17.5. The fourth-order valence-electron chi connectivity index (χ4n) is 2.49. The topological polar surface area (TPSA) is 62.5 Å². The molecule has 0 saturated heterocycles. The molecule has 0 amide bonds. The maximum Gasteiger partial charge on any atom is 0.191 e. The molecule has 0 radical (unpaired) electrons. The fraction of sp³-hybridized carbons (Fsp3) is 0.263. The summed E-state index contributed by atoms with van der Waals surface area (Å²) in [5.41, 5.74) is 2.02. The molecule has 1 aromatic carbocycles. The summed E-state index contributed by atoms with van der Waals surface area (Å²) in [6.07, 6.45) is 2.64. The van der Waals surface area contributed by atoms with Crippen LogP contribution in [0.1, 0.15) is 18.2 Å². The van der Waals surface area contributed by atoms with Crippen LogP contribution < -0.4 is 10.6 Å². The molecule has 5 nitrogen and oxygen atoms in total. The molecule has 0 unspecified atom stereocenters. The third-order valence-electron chi connectivity index (χ3n) is 3.71. The summed E-state index contributed by atoms with van der Waals surface area (Å²) < 4.78 is 5.80. The second-order valence-electron chi connectivity index (χ2n) is 5.61. The molecule has 0 bridgehead atoms. The van der Waals surface area contributed by atoms with Crippen LogP contribution in [0.5, 0.6) is 0 Å². The van der Waals surface area contributed by atoms with Gasteiger partial charge in [0.2, 0.25) is 0 Å². The van der Waals surface area contributed by atoms with Crippen molar-refractivity contribution in [1.29, 1.82) is 0 Å². The van der Waals surface area contributed by atoms with Crippen LogP contribution in [0.15, 0.2) is 58.1 Å². The maximum atomic E-state index is 5.80. The number of furan rings is 1. The third kappa shape index (κ3) is 5.88. The Kier molecular flexibility index (Phi) is 8.18. The Morgan fingerprint density at radius 2 is 2.04 bits per heavy atom. The van der Waals surface area contributed by atoms with Crippen LogP contribution in [0, 0.1) is 0 Å². The molecule has 138 valence electrons. The largest absolute Gasteiger partial charge is 0.459 e. The van der Waals surface area contributed by atoms with Crippen LogP contribution in [0.3, 0.4) is 0 Å². The molecule has 0 aliphatic heterocycles. The Bertz CT molecular complexity index is 815. The van der Waals surface area contributed by atoms with Crippen molar-refractivity contribution in [1.82, 2.24) is 15.6 Å². The second kappa shape index (κ2) is 10.4. The quantitative estimate of drug-likeness (QED) is 0.236. The van der Waals surface area contributed by atoms with E-state index in [9.17, 15) is 0 Å². The van der Waals surface area contributed by atoms with Crippen molar-refractivity contribution in [3.05, 3.63) is 65.1 Å². The van der Waals surface area contributed by atoms with E-state index in [1.165, 1.54) is 0 Å². The highest BCUT2D eigenvalue weighted by Gasteiger charge is 2.03. The summed E-state index contributed by atoms with van der Waals surface area (Å²) in [5.74, 6) is 1.62. The first-order valence-corrected chi connectivity index (χ1v) is 8.72. The number of aromatic nitrogens is 1. The minimum absolute atomic E-state index is 0. The van der Waals surface area contributed by atoms with E-state index in [0.717, 1.165) is 47.8 Å². The van der Waals surface area contributed by atoms with Crippen molar-refractivity contribution in [2.75, 3.05) is 13.1 Å². The van der Waals surface area contributed by atoms with Crippen molar-refractivity contribution in [3.8, 4) is 0 Å². The molecule has 7 heteroatoms. The number of hydrogen-bond acceptors (Lipinski definition) is 3. The molecule has 0 aliphatic rings. The van der Waals surface area contributed by atoms with E-state index in [2.05, 4.69) is 20.6 Å². The molecule has 2 heterocycles. The van der Waals surface area contributed by atoms with Gasteiger partial charge < -0.3 is 15.1 Å². The van der Waals surface area contributed by atoms with Gasteiger partial charge in [0.1, 0.15) is 23.0 Å². The van der Waals surface area contributed by atoms with Gasteiger partial charge in [-0.05, 0) is 37.1 Å².